The van der Waals surface area contributed by atoms with Crippen molar-refractivity contribution in [1.29, 1.82) is 0 Å². The van der Waals surface area contributed by atoms with Crippen molar-refractivity contribution < 1.29 is 4.74 Å². The van der Waals surface area contributed by atoms with Gasteiger partial charge in [0.25, 0.3) is 0 Å². The van der Waals surface area contributed by atoms with Crippen LogP contribution in [0.15, 0.2) is 59.6 Å². The van der Waals surface area contributed by atoms with Crippen LogP contribution < -0.4 is 15.8 Å². The quantitative estimate of drug-likeness (QED) is 0.298. The van der Waals surface area contributed by atoms with E-state index in [0.29, 0.717) is 12.5 Å². The number of aromatic amines is 1. The maximum Gasteiger partial charge on any atom is 0.193 e. The summed E-state index contributed by atoms with van der Waals surface area (Å²) in [6, 6.07) is 17.2. The second kappa shape index (κ2) is 9.23. The van der Waals surface area contributed by atoms with Crippen LogP contribution in [0.5, 0.6) is 11.5 Å². The highest BCUT2D eigenvalue weighted by atomic mass is 127. The Morgan fingerprint density at radius 1 is 1.12 bits per heavy atom. The van der Waals surface area contributed by atoms with Gasteiger partial charge in [-0.15, -0.1) is 24.0 Å². The number of guanidine groups is 1. The lowest BCUT2D eigenvalue weighted by molar-refractivity contribution is 0.483. The zero-order valence-electron chi connectivity index (χ0n) is 14.7. The van der Waals surface area contributed by atoms with E-state index in [0.717, 1.165) is 34.1 Å². The standard InChI is InChI=1S/C19H21N5O.HI/c1-13-18(14(2)24-23-13)12-21-19(20)22-15-7-6-10-17(11-15)25-16-8-4-3-5-9-16;/h3-11H,12H2,1-2H3,(H,23,24)(H3,20,21,22);1H. The molecule has 26 heavy (non-hydrogen) atoms. The molecule has 0 unspecified atom stereocenters. The van der Waals surface area contributed by atoms with Crippen LogP contribution in [0.3, 0.4) is 0 Å². The highest BCUT2D eigenvalue weighted by Gasteiger charge is 2.05. The van der Waals surface area contributed by atoms with Crippen molar-refractivity contribution in [1.82, 2.24) is 10.2 Å². The highest BCUT2D eigenvalue weighted by molar-refractivity contribution is 14.0. The first-order valence-corrected chi connectivity index (χ1v) is 8.02. The summed E-state index contributed by atoms with van der Waals surface area (Å²) in [5.41, 5.74) is 9.81. The Hall–Kier alpha value is -2.55. The molecule has 7 heteroatoms. The lowest BCUT2D eigenvalue weighted by atomic mass is 10.2. The molecule has 1 heterocycles. The fourth-order valence-corrected chi connectivity index (χ4v) is 2.42. The van der Waals surface area contributed by atoms with Gasteiger partial charge in [-0.25, -0.2) is 4.99 Å². The van der Waals surface area contributed by atoms with Gasteiger partial charge in [-0.2, -0.15) is 5.10 Å². The normalized spacial score (nSPS) is 10.9. The average molecular weight is 463 g/mol. The number of hydrogen-bond acceptors (Lipinski definition) is 3. The molecular weight excluding hydrogens is 441 g/mol. The summed E-state index contributed by atoms with van der Waals surface area (Å²) in [7, 11) is 0. The Kier molecular flexibility index (Phi) is 7.02. The van der Waals surface area contributed by atoms with Crippen LogP contribution in [0.25, 0.3) is 0 Å². The van der Waals surface area contributed by atoms with Crippen LogP contribution >= 0.6 is 24.0 Å². The van der Waals surface area contributed by atoms with Crippen molar-refractivity contribution in [3.8, 4) is 11.5 Å². The Balaban J connectivity index is 0.00000243. The molecule has 0 bridgehead atoms. The molecule has 0 aliphatic carbocycles. The second-order valence-electron chi connectivity index (χ2n) is 5.68. The Morgan fingerprint density at radius 3 is 2.54 bits per heavy atom. The Morgan fingerprint density at radius 2 is 1.85 bits per heavy atom. The summed E-state index contributed by atoms with van der Waals surface area (Å²) in [5.74, 6) is 1.86. The second-order valence-corrected chi connectivity index (χ2v) is 5.68. The van der Waals surface area contributed by atoms with E-state index in [9.17, 15) is 0 Å². The van der Waals surface area contributed by atoms with E-state index >= 15 is 0 Å². The third-order valence-electron chi connectivity index (χ3n) is 3.77. The molecule has 0 saturated carbocycles. The lowest BCUT2D eigenvalue weighted by Gasteiger charge is -2.09. The molecule has 0 atom stereocenters. The van der Waals surface area contributed by atoms with Gasteiger partial charge < -0.3 is 15.8 Å². The number of aromatic nitrogens is 2. The van der Waals surface area contributed by atoms with E-state index in [2.05, 4.69) is 20.5 Å². The van der Waals surface area contributed by atoms with E-state index in [-0.39, 0.29) is 24.0 Å². The van der Waals surface area contributed by atoms with Crippen molar-refractivity contribution in [3.63, 3.8) is 0 Å². The summed E-state index contributed by atoms with van der Waals surface area (Å²) in [5, 5.41) is 10.2. The van der Waals surface area contributed by atoms with Gasteiger partial charge in [0.15, 0.2) is 5.96 Å². The number of H-pyrrole nitrogens is 1. The van der Waals surface area contributed by atoms with E-state index in [1.807, 2.05) is 68.4 Å². The number of nitrogens with zero attached hydrogens (tertiary/aromatic N) is 2. The fraction of sp³-hybridized carbons (Fsp3) is 0.158. The first-order valence-electron chi connectivity index (χ1n) is 8.02. The number of rotatable bonds is 5. The van der Waals surface area contributed by atoms with Crippen LogP contribution in [0.4, 0.5) is 5.69 Å². The van der Waals surface area contributed by atoms with Crippen LogP contribution in [0.1, 0.15) is 17.0 Å². The maximum atomic E-state index is 5.99. The van der Waals surface area contributed by atoms with Gasteiger partial charge in [0.1, 0.15) is 11.5 Å². The smallest absolute Gasteiger partial charge is 0.193 e. The van der Waals surface area contributed by atoms with Gasteiger partial charge in [-0.05, 0) is 38.1 Å². The van der Waals surface area contributed by atoms with Crippen LogP contribution in [-0.4, -0.2) is 16.2 Å². The van der Waals surface area contributed by atoms with Crippen LogP contribution in [0, 0.1) is 13.8 Å². The van der Waals surface area contributed by atoms with Gasteiger partial charge in [-0.1, -0.05) is 24.3 Å². The van der Waals surface area contributed by atoms with E-state index < -0.39 is 0 Å². The Labute approximate surface area is 169 Å². The van der Waals surface area contributed by atoms with Gasteiger partial charge in [0.2, 0.25) is 0 Å². The van der Waals surface area contributed by atoms with E-state index in [4.69, 9.17) is 10.5 Å². The fourth-order valence-electron chi connectivity index (χ4n) is 2.42. The van der Waals surface area contributed by atoms with Gasteiger partial charge in [0.05, 0.1) is 12.2 Å². The van der Waals surface area contributed by atoms with Crippen molar-refractivity contribution in [2.45, 2.75) is 20.4 Å². The topological polar surface area (TPSA) is 88.3 Å². The summed E-state index contributed by atoms with van der Waals surface area (Å²) >= 11 is 0. The minimum Gasteiger partial charge on any atom is -0.457 e. The first kappa shape index (κ1) is 19.8. The van der Waals surface area contributed by atoms with E-state index in [1.54, 1.807) is 0 Å². The van der Waals surface area contributed by atoms with Crippen molar-refractivity contribution in [2.75, 3.05) is 5.32 Å². The van der Waals surface area contributed by atoms with Crippen LogP contribution in [0.2, 0.25) is 0 Å². The molecule has 0 spiro atoms. The molecule has 0 saturated heterocycles. The minimum absolute atomic E-state index is 0. The van der Waals surface area contributed by atoms with Crippen LogP contribution in [-0.2, 0) is 6.54 Å². The van der Waals surface area contributed by atoms with Crippen molar-refractivity contribution in [2.24, 2.45) is 10.7 Å². The van der Waals surface area contributed by atoms with Gasteiger partial charge in [-0.3, -0.25) is 5.10 Å². The van der Waals surface area contributed by atoms with Crippen molar-refractivity contribution in [3.05, 3.63) is 71.5 Å². The minimum atomic E-state index is 0. The molecule has 3 rings (SSSR count). The number of benzene rings is 2. The number of hydrogen-bond donors (Lipinski definition) is 3. The van der Waals surface area contributed by atoms with Crippen molar-refractivity contribution >= 4 is 35.6 Å². The number of para-hydroxylation sites is 1. The number of nitrogens with two attached hydrogens (primary N) is 1. The molecule has 3 aromatic rings. The predicted molar refractivity (Wildman–Crippen MR) is 115 cm³/mol. The molecule has 0 aliphatic rings. The summed E-state index contributed by atoms with van der Waals surface area (Å²) < 4.78 is 5.82. The molecular formula is C19H22IN5O. The molecule has 136 valence electrons. The third-order valence-corrected chi connectivity index (χ3v) is 3.77. The van der Waals surface area contributed by atoms with E-state index in [1.165, 1.54) is 0 Å². The lowest BCUT2D eigenvalue weighted by Crippen LogP contribution is -2.22. The molecule has 0 aliphatic heterocycles. The molecule has 0 fully saturated rings. The number of halogens is 1. The Bertz CT molecular complexity index is 857. The molecule has 6 nitrogen and oxygen atoms in total. The molecule has 4 N–H and O–H groups in total. The summed E-state index contributed by atoms with van der Waals surface area (Å²) in [4.78, 5) is 4.38. The predicted octanol–water partition coefficient (Wildman–Crippen LogP) is 4.36. The van der Waals surface area contributed by atoms with Gasteiger partial charge in [0, 0.05) is 23.0 Å². The molecule has 2 aromatic carbocycles. The monoisotopic (exact) mass is 463 g/mol. The number of aliphatic imine (C=N–C) groups is 1. The number of ether oxygens (including phenoxy) is 1. The summed E-state index contributed by atoms with van der Waals surface area (Å²) in [6.45, 7) is 4.40. The maximum absolute atomic E-state index is 5.99. The van der Waals surface area contributed by atoms with Gasteiger partial charge >= 0.3 is 0 Å². The summed E-state index contributed by atoms with van der Waals surface area (Å²) in [6.07, 6.45) is 0. The average Bonchev–Trinajstić information content (AvgIpc) is 2.92. The zero-order valence-corrected chi connectivity index (χ0v) is 17.0. The number of anilines is 1. The largest absolute Gasteiger partial charge is 0.457 e. The molecule has 1 aromatic heterocycles. The highest BCUT2D eigenvalue weighted by Crippen LogP contribution is 2.23. The molecule has 0 amide bonds. The SMILES string of the molecule is Cc1n[nH]c(C)c1CN=C(N)Nc1cccc(Oc2ccccc2)c1.I. The first-order chi connectivity index (χ1) is 12.1. The third kappa shape index (κ3) is 5.22. The number of nitrogens with one attached hydrogen (secondary N) is 2. The molecule has 0 radical (unpaired) electrons. The zero-order chi connectivity index (χ0) is 17.6. The number of aryl methyl sites for hydroxylation is 2.